The predicted molar refractivity (Wildman–Crippen MR) is 55.3 cm³/mol. The number of benzene rings is 1. The van der Waals surface area contributed by atoms with Crippen LogP contribution in [0.15, 0.2) is 18.2 Å². The molecule has 0 aliphatic rings. The van der Waals surface area contributed by atoms with Crippen molar-refractivity contribution in [3.05, 3.63) is 41.0 Å². The van der Waals surface area contributed by atoms with E-state index in [1.165, 1.54) is 5.56 Å². The summed E-state index contributed by atoms with van der Waals surface area (Å²) >= 11 is 5.88. The van der Waals surface area contributed by atoms with E-state index in [9.17, 15) is 0 Å². The molecule has 0 amide bonds. The van der Waals surface area contributed by atoms with Gasteiger partial charge in [-0.25, -0.2) is 0 Å². The van der Waals surface area contributed by atoms with Crippen LogP contribution >= 0.6 is 11.6 Å². The zero-order chi connectivity index (χ0) is 9.84. The summed E-state index contributed by atoms with van der Waals surface area (Å²) in [5.41, 5.74) is 1.94. The average molecular weight is 198 g/mol. The van der Waals surface area contributed by atoms with Crippen LogP contribution in [0.5, 0.6) is 0 Å². The molecule has 1 radical (unpaired) electrons. The van der Waals surface area contributed by atoms with Gasteiger partial charge in [-0.15, -0.1) is 0 Å². The Morgan fingerprint density at radius 1 is 1.38 bits per heavy atom. The van der Waals surface area contributed by atoms with Crippen molar-refractivity contribution < 1.29 is 5.11 Å². The standard InChI is InChI=1S/C11H14ClO/c1-8(2)3-9-4-10(7-13)6-11(12)5-9/h4-8,13H,3H2,1-2H3. The van der Waals surface area contributed by atoms with Crippen molar-refractivity contribution in [2.24, 2.45) is 5.92 Å². The molecule has 2 heteroatoms. The first-order chi connectivity index (χ1) is 6.11. The SMILES string of the molecule is CC(C)Cc1cc(Cl)cc([CH]O)c1. The van der Waals surface area contributed by atoms with Gasteiger partial charge in [-0.2, -0.15) is 0 Å². The molecule has 0 fully saturated rings. The highest BCUT2D eigenvalue weighted by atomic mass is 35.5. The summed E-state index contributed by atoms with van der Waals surface area (Å²) in [5.74, 6) is 0.602. The monoisotopic (exact) mass is 197 g/mol. The van der Waals surface area contributed by atoms with Gasteiger partial charge in [0, 0.05) is 5.02 Å². The molecule has 0 saturated carbocycles. The molecule has 0 aliphatic carbocycles. The van der Waals surface area contributed by atoms with Crippen LogP contribution in [0.25, 0.3) is 0 Å². The Hall–Kier alpha value is -0.530. The van der Waals surface area contributed by atoms with Gasteiger partial charge in [-0.3, -0.25) is 0 Å². The van der Waals surface area contributed by atoms with E-state index in [0.29, 0.717) is 10.9 Å². The number of halogens is 1. The van der Waals surface area contributed by atoms with E-state index in [2.05, 4.69) is 13.8 Å². The van der Waals surface area contributed by atoms with E-state index in [1.807, 2.05) is 12.1 Å². The lowest BCUT2D eigenvalue weighted by molar-refractivity contribution is 0.414. The molecule has 1 N–H and O–H groups in total. The van der Waals surface area contributed by atoms with Gasteiger partial charge in [0.1, 0.15) is 6.61 Å². The summed E-state index contributed by atoms with van der Waals surface area (Å²) in [6, 6.07) is 5.63. The molecule has 0 saturated heterocycles. The molecule has 13 heavy (non-hydrogen) atoms. The Morgan fingerprint density at radius 3 is 2.62 bits per heavy atom. The lowest BCUT2D eigenvalue weighted by atomic mass is 10.0. The predicted octanol–water partition coefficient (Wildman–Crippen LogP) is 3.42. The fourth-order valence-corrected chi connectivity index (χ4v) is 1.61. The van der Waals surface area contributed by atoms with Crippen molar-refractivity contribution in [3.8, 4) is 0 Å². The maximum Gasteiger partial charge on any atom is 0.109 e. The minimum Gasteiger partial charge on any atom is -0.385 e. The van der Waals surface area contributed by atoms with Gasteiger partial charge in [0.15, 0.2) is 0 Å². The number of rotatable bonds is 3. The summed E-state index contributed by atoms with van der Waals surface area (Å²) in [6.07, 6.45) is 0.988. The molecule has 1 aromatic carbocycles. The second-order valence-corrected chi connectivity index (χ2v) is 4.06. The molecule has 1 aromatic rings. The lowest BCUT2D eigenvalue weighted by Gasteiger charge is -2.07. The van der Waals surface area contributed by atoms with Crippen molar-refractivity contribution in [2.75, 3.05) is 0 Å². The molecule has 0 aliphatic heterocycles. The largest absolute Gasteiger partial charge is 0.385 e. The Bertz CT molecular complexity index is 281. The van der Waals surface area contributed by atoms with E-state index in [1.54, 1.807) is 6.07 Å². The average Bonchev–Trinajstić information content (AvgIpc) is 2.01. The highest BCUT2D eigenvalue weighted by Crippen LogP contribution is 2.18. The van der Waals surface area contributed by atoms with Crippen molar-refractivity contribution in [2.45, 2.75) is 20.3 Å². The second-order valence-electron chi connectivity index (χ2n) is 3.62. The Morgan fingerprint density at radius 2 is 2.08 bits per heavy atom. The first-order valence-corrected chi connectivity index (χ1v) is 4.76. The van der Waals surface area contributed by atoms with E-state index < -0.39 is 0 Å². The third kappa shape index (κ3) is 3.37. The fourth-order valence-electron chi connectivity index (χ4n) is 1.34. The molecule has 0 unspecified atom stereocenters. The van der Waals surface area contributed by atoms with Gasteiger partial charge >= 0.3 is 0 Å². The Labute approximate surface area is 84.4 Å². The molecular weight excluding hydrogens is 184 g/mol. The first-order valence-electron chi connectivity index (χ1n) is 4.38. The van der Waals surface area contributed by atoms with E-state index in [0.717, 1.165) is 18.6 Å². The molecule has 0 aromatic heterocycles. The van der Waals surface area contributed by atoms with Gasteiger partial charge < -0.3 is 5.11 Å². The molecule has 0 heterocycles. The third-order valence-electron chi connectivity index (χ3n) is 1.77. The second kappa shape index (κ2) is 4.64. The van der Waals surface area contributed by atoms with Crippen molar-refractivity contribution in [1.82, 2.24) is 0 Å². The number of aliphatic hydroxyl groups excluding tert-OH is 1. The quantitative estimate of drug-likeness (QED) is 0.788. The fraction of sp³-hybridized carbons (Fsp3) is 0.364. The van der Waals surface area contributed by atoms with Gasteiger partial charge in [0.05, 0.1) is 0 Å². The van der Waals surface area contributed by atoms with E-state index in [-0.39, 0.29) is 0 Å². The molecule has 1 nitrogen and oxygen atoms in total. The summed E-state index contributed by atoms with van der Waals surface area (Å²) in [4.78, 5) is 0. The van der Waals surface area contributed by atoms with E-state index in [4.69, 9.17) is 16.7 Å². The van der Waals surface area contributed by atoms with Crippen LogP contribution in [0.2, 0.25) is 5.02 Å². The van der Waals surface area contributed by atoms with Gasteiger partial charge in [0.25, 0.3) is 0 Å². The highest BCUT2D eigenvalue weighted by molar-refractivity contribution is 6.30. The normalized spacial score (nSPS) is 10.8. The maximum atomic E-state index is 8.84. The smallest absolute Gasteiger partial charge is 0.109 e. The lowest BCUT2D eigenvalue weighted by Crippen LogP contribution is -1.95. The topological polar surface area (TPSA) is 20.2 Å². The van der Waals surface area contributed by atoms with Gasteiger partial charge in [0.2, 0.25) is 0 Å². The number of hydrogen-bond acceptors (Lipinski definition) is 1. The van der Waals surface area contributed by atoms with Crippen LogP contribution in [0.3, 0.4) is 0 Å². The molecule has 1 rings (SSSR count). The summed E-state index contributed by atoms with van der Waals surface area (Å²) in [6.45, 7) is 5.39. The number of aliphatic hydroxyl groups is 1. The van der Waals surface area contributed by atoms with Gasteiger partial charge in [-0.1, -0.05) is 31.5 Å². The van der Waals surface area contributed by atoms with E-state index >= 15 is 0 Å². The molecule has 0 spiro atoms. The Kier molecular flexibility index (Phi) is 3.76. The molecule has 0 atom stereocenters. The number of hydrogen-bond donors (Lipinski definition) is 1. The maximum absolute atomic E-state index is 8.84. The van der Waals surface area contributed by atoms with Crippen molar-refractivity contribution in [3.63, 3.8) is 0 Å². The van der Waals surface area contributed by atoms with Crippen LogP contribution < -0.4 is 0 Å². The summed E-state index contributed by atoms with van der Waals surface area (Å²) in [7, 11) is 0. The van der Waals surface area contributed by atoms with Crippen LogP contribution in [-0.4, -0.2) is 5.11 Å². The van der Waals surface area contributed by atoms with Crippen LogP contribution in [0.4, 0.5) is 0 Å². The zero-order valence-electron chi connectivity index (χ0n) is 7.92. The Balaban J connectivity index is 2.88. The summed E-state index contributed by atoms with van der Waals surface area (Å²) < 4.78 is 0. The minimum absolute atomic E-state index is 0.602. The minimum atomic E-state index is 0.602. The summed E-state index contributed by atoms with van der Waals surface area (Å²) in [5, 5.41) is 9.52. The van der Waals surface area contributed by atoms with Crippen LogP contribution in [0.1, 0.15) is 25.0 Å². The van der Waals surface area contributed by atoms with Gasteiger partial charge in [-0.05, 0) is 35.6 Å². The third-order valence-corrected chi connectivity index (χ3v) is 1.99. The van der Waals surface area contributed by atoms with Crippen molar-refractivity contribution >= 4 is 11.6 Å². The van der Waals surface area contributed by atoms with Crippen LogP contribution in [-0.2, 0) is 6.42 Å². The van der Waals surface area contributed by atoms with Crippen molar-refractivity contribution in [1.29, 1.82) is 0 Å². The zero-order valence-corrected chi connectivity index (χ0v) is 8.67. The molecular formula is C11H14ClO. The van der Waals surface area contributed by atoms with Crippen LogP contribution in [0, 0.1) is 12.5 Å². The first kappa shape index (κ1) is 10.6. The molecule has 0 bridgehead atoms. The highest BCUT2D eigenvalue weighted by Gasteiger charge is 2.01. The molecule has 71 valence electrons.